The van der Waals surface area contributed by atoms with E-state index in [9.17, 15) is 4.79 Å². The Morgan fingerprint density at radius 2 is 1.74 bits per heavy atom. The quantitative estimate of drug-likeness (QED) is 0.405. The van der Waals surface area contributed by atoms with Gasteiger partial charge in [0.1, 0.15) is 12.4 Å². The number of carbonyl (C=O) groups is 1. The Bertz CT molecular complexity index is 954. The number of nitrogens with zero attached hydrogens (tertiary/aromatic N) is 1. The van der Waals surface area contributed by atoms with Gasteiger partial charge in [0.05, 0.1) is 14.2 Å². The number of amides is 1. The summed E-state index contributed by atoms with van der Waals surface area (Å²) < 4.78 is 16.6. The summed E-state index contributed by atoms with van der Waals surface area (Å²) in [6.45, 7) is 3.71. The minimum atomic E-state index is 0.135. The fourth-order valence-electron chi connectivity index (χ4n) is 3.27. The molecule has 164 valence electrons. The fraction of sp³-hybridized carbons (Fsp3) is 0.320. The fourth-order valence-corrected chi connectivity index (χ4v) is 3.89. The van der Waals surface area contributed by atoms with Crippen LogP contribution in [0.15, 0.2) is 60.0 Å². The van der Waals surface area contributed by atoms with E-state index in [2.05, 4.69) is 0 Å². The standard InChI is InChI=1S/C25H29NO4S/c1-4-26(25(27)14-10-19-7-11-21(28-2)12-8-19)17-20-9-13-23(24(16-20)29-3)30-18-22-6-5-15-31-22/h5-9,11-13,15-16H,4,10,14,17-18H2,1-3H3. The highest BCUT2D eigenvalue weighted by molar-refractivity contribution is 7.09. The van der Waals surface area contributed by atoms with Crippen LogP contribution in [0.25, 0.3) is 0 Å². The van der Waals surface area contributed by atoms with Crippen LogP contribution in [0.2, 0.25) is 0 Å². The van der Waals surface area contributed by atoms with Gasteiger partial charge in [0, 0.05) is 24.4 Å². The van der Waals surface area contributed by atoms with Gasteiger partial charge in [-0.2, -0.15) is 0 Å². The van der Waals surface area contributed by atoms with Gasteiger partial charge in [-0.25, -0.2) is 0 Å². The average molecular weight is 440 g/mol. The molecule has 3 aromatic rings. The van der Waals surface area contributed by atoms with Gasteiger partial charge in [0.15, 0.2) is 11.5 Å². The molecule has 1 aromatic heterocycles. The molecule has 3 rings (SSSR count). The zero-order valence-corrected chi connectivity index (χ0v) is 19.1. The molecule has 0 saturated carbocycles. The second kappa shape index (κ2) is 11.4. The van der Waals surface area contributed by atoms with Crippen LogP contribution >= 0.6 is 11.3 Å². The van der Waals surface area contributed by atoms with E-state index >= 15 is 0 Å². The lowest BCUT2D eigenvalue weighted by Gasteiger charge is -2.22. The van der Waals surface area contributed by atoms with Gasteiger partial charge in [0.25, 0.3) is 0 Å². The molecule has 0 atom stereocenters. The number of carbonyl (C=O) groups excluding carboxylic acids is 1. The lowest BCUT2D eigenvalue weighted by atomic mass is 10.1. The highest BCUT2D eigenvalue weighted by Gasteiger charge is 2.14. The first-order valence-electron chi connectivity index (χ1n) is 10.4. The van der Waals surface area contributed by atoms with Crippen LogP contribution < -0.4 is 14.2 Å². The van der Waals surface area contributed by atoms with Crippen molar-refractivity contribution in [2.45, 2.75) is 32.9 Å². The number of hydrogen-bond donors (Lipinski definition) is 0. The molecule has 2 aromatic carbocycles. The number of ether oxygens (including phenoxy) is 3. The second-order valence-corrected chi connectivity index (χ2v) is 8.14. The van der Waals surface area contributed by atoms with Gasteiger partial charge in [0.2, 0.25) is 5.91 Å². The Balaban J connectivity index is 1.58. The predicted octanol–water partition coefficient (Wildman–Crippen LogP) is 5.33. The van der Waals surface area contributed by atoms with Gasteiger partial charge >= 0.3 is 0 Å². The maximum absolute atomic E-state index is 12.8. The number of methoxy groups -OCH3 is 2. The van der Waals surface area contributed by atoms with Gasteiger partial charge < -0.3 is 19.1 Å². The van der Waals surface area contributed by atoms with Crippen molar-refractivity contribution in [2.75, 3.05) is 20.8 Å². The van der Waals surface area contributed by atoms with Gasteiger partial charge in [-0.1, -0.05) is 24.3 Å². The van der Waals surface area contributed by atoms with Crippen molar-refractivity contribution < 1.29 is 19.0 Å². The molecule has 6 heteroatoms. The van der Waals surface area contributed by atoms with Crippen molar-refractivity contribution in [1.82, 2.24) is 4.90 Å². The molecule has 0 aliphatic heterocycles. The molecular formula is C25H29NO4S. The van der Waals surface area contributed by atoms with Crippen LogP contribution in [0.4, 0.5) is 0 Å². The molecule has 1 amide bonds. The van der Waals surface area contributed by atoms with E-state index in [0.717, 1.165) is 21.8 Å². The van der Waals surface area contributed by atoms with E-state index in [1.165, 1.54) is 0 Å². The highest BCUT2D eigenvalue weighted by atomic mass is 32.1. The molecule has 0 radical (unpaired) electrons. The minimum absolute atomic E-state index is 0.135. The molecule has 0 N–H and O–H groups in total. The molecule has 0 fully saturated rings. The lowest BCUT2D eigenvalue weighted by Crippen LogP contribution is -2.30. The van der Waals surface area contributed by atoms with Crippen LogP contribution in [0.1, 0.15) is 29.3 Å². The maximum atomic E-state index is 12.8. The summed E-state index contributed by atoms with van der Waals surface area (Å²) in [5.41, 5.74) is 2.14. The Hall–Kier alpha value is -2.99. The molecule has 31 heavy (non-hydrogen) atoms. The highest BCUT2D eigenvalue weighted by Crippen LogP contribution is 2.30. The topological polar surface area (TPSA) is 48.0 Å². The van der Waals surface area contributed by atoms with Gasteiger partial charge in [-0.3, -0.25) is 4.79 Å². The van der Waals surface area contributed by atoms with Gasteiger partial charge in [-0.05, 0) is 60.2 Å². The van der Waals surface area contributed by atoms with Crippen LogP contribution in [0.5, 0.6) is 17.2 Å². The first-order chi connectivity index (χ1) is 15.1. The molecule has 1 heterocycles. The summed E-state index contributed by atoms with van der Waals surface area (Å²) >= 11 is 1.66. The maximum Gasteiger partial charge on any atom is 0.223 e. The first kappa shape index (κ1) is 22.7. The summed E-state index contributed by atoms with van der Waals surface area (Å²) in [6.07, 6.45) is 1.18. The summed E-state index contributed by atoms with van der Waals surface area (Å²) in [6, 6.07) is 17.8. The van der Waals surface area contributed by atoms with Crippen LogP contribution in [-0.2, 0) is 24.4 Å². The van der Waals surface area contributed by atoms with E-state index in [1.54, 1.807) is 25.6 Å². The van der Waals surface area contributed by atoms with E-state index < -0.39 is 0 Å². The SMILES string of the molecule is CCN(Cc1ccc(OCc2cccs2)c(OC)c1)C(=O)CCc1ccc(OC)cc1. The van der Waals surface area contributed by atoms with E-state index in [1.807, 2.05) is 71.8 Å². The predicted molar refractivity (Wildman–Crippen MR) is 124 cm³/mol. The van der Waals surface area contributed by atoms with E-state index in [4.69, 9.17) is 14.2 Å². The zero-order chi connectivity index (χ0) is 22.1. The van der Waals surface area contributed by atoms with E-state index in [0.29, 0.717) is 44.0 Å². The van der Waals surface area contributed by atoms with Crippen molar-refractivity contribution in [2.24, 2.45) is 0 Å². The van der Waals surface area contributed by atoms with Crippen molar-refractivity contribution in [3.05, 3.63) is 76.0 Å². The number of hydrogen-bond acceptors (Lipinski definition) is 5. The van der Waals surface area contributed by atoms with Crippen molar-refractivity contribution >= 4 is 17.2 Å². The third-order valence-corrected chi connectivity index (χ3v) is 5.92. The largest absolute Gasteiger partial charge is 0.497 e. The Labute approximate surface area is 188 Å². The number of aryl methyl sites for hydroxylation is 1. The van der Waals surface area contributed by atoms with Crippen molar-refractivity contribution in [3.8, 4) is 17.2 Å². The smallest absolute Gasteiger partial charge is 0.223 e. The molecule has 0 aliphatic rings. The monoisotopic (exact) mass is 439 g/mol. The normalized spacial score (nSPS) is 10.5. The molecule has 0 unspecified atom stereocenters. The lowest BCUT2D eigenvalue weighted by molar-refractivity contribution is -0.131. The zero-order valence-electron chi connectivity index (χ0n) is 18.3. The number of rotatable bonds is 11. The Morgan fingerprint density at radius 1 is 0.968 bits per heavy atom. The summed E-state index contributed by atoms with van der Waals surface area (Å²) in [4.78, 5) is 15.8. The van der Waals surface area contributed by atoms with Gasteiger partial charge in [-0.15, -0.1) is 11.3 Å². The molecule has 0 saturated heterocycles. The number of benzene rings is 2. The van der Waals surface area contributed by atoms with Crippen LogP contribution in [0.3, 0.4) is 0 Å². The van der Waals surface area contributed by atoms with Crippen LogP contribution in [0, 0.1) is 0 Å². The Morgan fingerprint density at radius 3 is 2.39 bits per heavy atom. The molecule has 5 nitrogen and oxygen atoms in total. The molecule has 0 spiro atoms. The third kappa shape index (κ3) is 6.49. The summed E-state index contributed by atoms with van der Waals surface area (Å²) in [7, 11) is 3.28. The second-order valence-electron chi connectivity index (χ2n) is 7.11. The minimum Gasteiger partial charge on any atom is -0.497 e. The van der Waals surface area contributed by atoms with Crippen molar-refractivity contribution in [3.63, 3.8) is 0 Å². The summed E-state index contributed by atoms with van der Waals surface area (Å²) in [5, 5.41) is 2.03. The first-order valence-corrected chi connectivity index (χ1v) is 11.2. The molecule has 0 aliphatic carbocycles. The molecule has 0 bridgehead atoms. The van der Waals surface area contributed by atoms with E-state index in [-0.39, 0.29) is 5.91 Å². The third-order valence-electron chi connectivity index (χ3n) is 5.07. The average Bonchev–Trinajstić information content (AvgIpc) is 3.34. The summed E-state index contributed by atoms with van der Waals surface area (Å²) in [5.74, 6) is 2.33. The number of thiophene rings is 1. The van der Waals surface area contributed by atoms with Crippen molar-refractivity contribution in [1.29, 1.82) is 0 Å². The van der Waals surface area contributed by atoms with Crippen LogP contribution in [-0.4, -0.2) is 31.6 Å². The molecular weight excluding hydrogens is 410 g/mol. The Kier molecular flexibility index (Phi) is 8.35.